The van der Waals surface area contributed by atoms with Crippen LogP contribution in [0.4, 0.5) is 0 Å². The molecule has 0 bridgehead atoms. The average Bonchev–Trinajstić information content (AvgIpc) is 3.41. The highest BCUT2D eigenvalue weighted by atomic mass is 31.2. The number of likely N-dealkylation sites (N-methyl/N-ethyl adjacent to an activating group) is 1. The van der Waals surface area contributed by atoms with E-state index < -0.39 is 26.5 Å². The molecule has 0 spiro atoms. The number of ether oxygens (including phenoxy) is 2. The number of hydrogen-bond acceptors (Lipinski definition) is 7. The second kappa shape index (κ2) is 58.5. The molecule has 79 heavy (non-hydrogen) atoms. The summed E-state index contributed by atoms with van der Waals surface area (Å²) in [6.07, 6.45) is 86.5. The summed E-state index contributed by atoms with van der Waals surface area (Å²) < 4.78 is 34.5. The molecule has 2 unspecified atom stereocenters. The second-order valence-electron chi connectivity index (χ2n) is 21.4. The van der Waals surface area contributed by atoms with E-state index in [2.05, 4.69) is 160 Å². The number of nitrogens with zero attached hydrogens (tertiary/aromatic N) is 1. The van der Waals surface area contributed by atoms with Crippen molar-refractivity contribution in [2.24, 2.45) is 0 Å². The molecule has 0 aliphatic rings. The van der Waals surface area contributed by atoms with Crippen LogP contribution in [0.5, 0.6) is 0 Å². The minimum Gasteiger partial charge on any atom is -0.462 e. The van der Waals surface area contributed by atoms with E-state index in [0.717, 1.165) is 122 Å². The highest BCUT2D eigenvalue weighted by molar-refractivity contribution is 7.47. The standard InChI is InChI=1S/C69H114NO8P/c1-6-8-10-12-14-16-18-20-22-23-24-25-26-27-28-29-30-31-32-33-34-35-36-37-38-39-40-41-42-43-44-45-46-47-48-50-52-54-56-58-60-62-69(72)78-67(66-77-79(73,74)76-64-63-70(3,4)5)65-75-68(71)61-59-57-55-53-51-49-21-19-17-15-13-11-9-7-2/h8,10,14,16,20,22,24-25,27-28,30-31,33-34,36-37,39-40,42-43,45-46,48,50,67H,6-7,9,11-13,15,17-19,21,23,26,29,32,35,38,41,44,47,49,51-66H2,1-5H3/p+1/b10-8-,16-14-,22-20-,25-24-,28-27-,31-30-,34-33-,37-36-,40-39-,43-42-,46-45-,50-48-. The van der Waals surface area contributed by atoms with Crippen LogP contribution < -0.4 is 0 Å². The summed E-state index contributed by atoms with van der Waals surface area (Å²) in [6, 6.07) is 0. The predicted octanol–water partition coefficient (Wildman–Crippen LogP) is 19.9. The lowest BCUT2D eigenvalue weighted by Crippen LogP contribution is -2.37. The summed E-state index contributed by atoms with van der Waals surface area (Å²) in [6.45, 7) is 4.27. The zero-order valence-corrected chi connectivity index (χ0v) is 51.7. The molecule has 1 N–H and O–H groups in total. The maximum atomic E-state index is 12.8. The van der Waals surface area contributed by atoms with Crippen LogP contribution in [0.2, 0.25) is 0 Å². The molecule has 2 atom stereocenters. The van der Waals surface area contributed by atoms with Gasteiger partial charge in [0.2, 0.25) is 0 Å². The van der Waals surface area contributed by atoms with E-state index in [4.69, 9.17) is 18.5 Å². The fourth-order valence-electron chi connectivity index (χ4n) is 7.88. The van der Waals surface area contributed by atoms with E-state index in [0.29, 0.717) is 17.4 Å². The van der Waals surface area contributed by atoms with Gasteiger partial charge < -0.3 is 18.9 Å². The molecule has 0 heterocycles. The molecule has 9 nitrogen and oxygen atoms in total. The molecular weight excluding hydrogens is 1000 g/mol. The van der Waals surface area contributed by atoms with E-state index in [-0.39, 0.29) is 32.0 Å². The summed E-state index contributed by atoms with van der Waals surface area (Å²) in [4.78, 5) is 35.6. The van der Waals surface area contributed by atoms with Crippen molar-refractivity contribution >= 4 is 19.8 Å². The Kier molecular flexibility index (Phi) is 55.5. The van der Waals surface area contributed by atoms with Gasteiger partial charge in [0.25, 0.3) is 0 Å². The van der Waals surface area contributed by atoms with Gasteiger partial charge in [0, 0.05) is 12.8 Å². The van der Waals surface area contributed by atoms with Crippen LogP contribution in [-0.2, 0) is 32.7 Å². The fourth-order valence-corrected chi connectivity index (χ4v) is 8.62. The van der Waals surface area contributed by atoms with Gasteiger partial charge in [-0.3, -0.25) is 18.6 Å². The van der Waals surface area contributed by atoms with Crippen molar-refractivity contribution < 1.29 is 42.1 Å². The lowest BCUT2D eigenvalue weighted by Gasteiger charge is -2.24. The largest absolute Gasteiger partial charge is 0.472 e. The topological polar surface area (TPSA) is 108 Å². The minimum atomic E-state index is -4.40. The first-order chi connectivity index (χ1) is 38.5. The van der Waals surface area contributed by atoms with E-state index in [1.165, 1.54) is 70.6 Å². The molecule has 0 aromatic rings. The van der Waals surface area contributed by atoms with Crippen LogP contribution in [0.3, 0.4) is 0 Å². The molecule has 0 aromatic heterocycles. The number of phosphoric acid groups is 1. The summed E-state index contributed by atoms with van der Waals surface area (Å²) in [5.41, 5.74) is 0. The maximum Gasteiger partial charge on any atom is 0.472 e. The molecule has 448 valence electrons. The molecule has 0 aromatic carbocycles. The van der Waals surface area contributed by atoms with Crippen LogP contribution in [-0.4, -0.2) is 74.9 Å². The van der Waals surface area contributed by atoms with Crippen molar-refractivity contribution in [3.05, 3.63) is 146 Å². The Balaban J connectivity index is 4.17. The number of allylic oxidation sites excluding steroid dienone is 24. The average molecular weight is 1120 g/mol. The Morgan fingerprint density at radius 3 is 1.08 bits per heavy atom. The monoisotopic (exact) mass is 1120 g/mol. The zero-order valence-electron chi connectivity index (χ0n) is 50.8. The van der Waals surface area contributed by atoms with Crippen molar-refractivity contribution in [3.8, 4) is 0 Å². The molecule has 0 saturated heterocycles. The van der Waals surface area contributed by atoms with E-state index >= 15 is 0 Å². The van der Waals surface area contributed by atoms with Crippen LogP contribution in [0, 0.1) is 0 Å². The molecule has 0 fully saturated rings. The third kappa shape index (κ3) is 62.9. The van der Waals surface area contributed by atoms with Gasteiger partial charge in [-0.1, -0.05) is 256 Å². The summed E-state index contributed by atoms with van der Waals surface area (Å²) in [5, 5.41) is 0. The molecular formula is C69H115NO8P+. The van der Waals surface area contributed by atoms with E-state index in [1.807, 2.05) is 21.1 Å². The summed E-state index contributed by atoms with van der Waals surface area (Å²) >= 11 is 0. The third-order valence-corrected chi connectivity index (χ3v) is 13.6. The number of rotatable bonds is 55. The van der Waals surface area contributed by atoms with Gasteiger partial charge in [-0.05, 0) is 103 Å². The number of quaternary nitrogens is 1. The summed E-state index contributed by atoms with van der Waals surface area (Å²) in [7, 11) is 1.44. The van der Waals surface area contributed by atoms with Gasteiger partial charge in [-0.25, -0.2) is 4.57 Å². The molecule has 0 radical (unpaired) electrons. The molecule has 0 aliphatic carbocycles. The zero-order chi connectivity index (χ0) is 57.7. The van der Waals surface area contributed by atoms with Crippen molar-refractivity contribution in [3.63, 3.8) is 0 Å². The minimum absolute atomic E-state index is 0.0203. The van der Waals surface area contributed by atoms with Crippen molar-refractivity contribution in [2.45, 2.75) is 232 Å². The molecule has 0 saturated carbocycles. The Bertz CT molecular complexity index is 1840. The number of carbonyl (C=O) groups is 2. The van der Waals surface area contributed by atoms with Gasteiger partial charge in [-0.15, -0.1) is 0 Å². The number of hydrogen-bond donors (Lipinski definition) is 1. The first-order valence-corrected chi connectivity index (χ1v) is 32.6. The van der Waals surface area contributed by atoms with Crippen LogP contribution in [0.15, 0.2) is 146 Å². The number of phosphoric ester groups is 1. The van der Waals surface area contributed by atoms with E-state index in [9.17, 15) is 19.0 Å². The second-order valence-corrected chi connectivity index (χ2v) is 22.8. The Hall–Kier alpha value is -4.11. The van der Waals surface area contributed by atoms with Crippen molar-refractivity contribution in [2.75, 3.05) is 47.5 Å². The smallest absolute Gasteiger partial charge is 0.462 e. The first-order valence-electron chi connectivity index (χ1n) is 31.1. The third-order valence-electron chi connectivity index (χ3n) is 12.6. The fraction of sp³-hybridized carbons (Fsp3) is 0.623. The lowest BCUT2D eigenvalue weighted by molar-refractivity contribution is -0.870. The van der Waals surface area contributed by atoms with Crippen LogP contribution in [0.25, 0.3) is 0 Å². The van der Waals surface area contributed by atoms with Gasteiger partial charge >= 0.3 is 19.8 Å². The number of unbranched alkanes of at least 4 members (excludes halogenated alkanes) is 17. The maximum absolute atomic E-state index is 12.8. The SMILES string of the molecule is CC/C=C\C/C=C\C/C=C\C/C=C\C/C=C\C/C=C\C/C=C\C/C=C\C/C=C\C/C=C\C/C=C\C/C=C\CCCCCCC(=O)OC(COC(=O)CCCCCCCCCCCCCCCC)COP(=O)(O)OCC[N+](C)(C)C. The number of esters is 2. The van der Waals surface area contributed by atoms with E-state index in [1.54, 1.807) is 0 Å². The van der Waals surface area contributed by atoms with Crippen molar-refractivity contribution in [1.29, 1.82) is 0 Å². The molecule has 0 amide bonds. The Morgan fingerprint density at radius 1 is 0.405 bits per heavy atom. The summed E-state index contributed by atoms with van der Waals surface area (Å²) in [5.74, 6) is -0.833. The quantitative estimate of drug-likeness (QED) is 0.0211. The normalized spacial score (nSPS) is 14.3. The predicted molar refractivity (Wildman–Crippen MR) is 339 cm³/mol. The van der Waals surface area contributed by atoms with Gasteiger partial charge in [0.15, 0.2) is 6.10 Å². The molecule has 0 rings (SSSR count). The Labute approximate surface area is 484 Å². The molecule has 10 heteroatoms. The Morgan fingerprint density at radius 2 is 0.722 bits per heavy atom. The highest BCUT2D eigenvalue weighted by Gasteiger charge is 2.27. The molecule has 0 aliphatic heterocycles. The lowest BCUT2D eigenvalue weighted by atomic mass is 10.0. The highest BCUT2D eigenvalue weighted by Crippen LogP contribution is 2.43. The van der Waals surface area contributed by atoms with Crippen molar-refractivity contribution in [1.82, 2.24) is 0 Å². The first kappa shape index (κ1) is 74.9. The van der Waals surface area contributed by atoms with Gasteiger partial charge in [0.1, 0.15) is 19.8 Å². The van der Waals surface area contributed by atoms with Gasteiger partial charge in [-0.2, -0.15) is 0 Å². The number of carbonyl (C=O) groups excluding carboxylic acids is 2. The van der Waals surface area contributed by atoms with Gasteiger partial charge in [0.05, 0.1) is 27.7 Å². The van der Waals surface area contributed by atoms with Crippen LogP contribution >= 0.6 is 7.82 Å². The van der Waals surface area contributed by atoms with Crippen LogP contribution in [0.1, 0.15) is 226 Å².